The highest BCUT2D eigenvalue weighted by molar-refractivity contribution is 5.93. The molecule has 2 aromatic carbocycles. The van der Waals surface area contributed by atoms with Crippen LogP contribution in [0.3, 0.4) is 0 Å². The minimum Gasteiger partial charge on any atom is -0.395 e. The summed E-state index contributed by atoms with van der Waals surface area (Å²) in [6, 6.07) is 13.2. The Bertz CT molecular complexity index is 1360. The smallest absolute Gasteiger partial charge is 0.256 e. The van der Waals surface area contributed by atoms with Crippen molar-refractivity contribution in [1.29, 1.82) is 0 Å². The van der Waals surface area contributed by atoms with Crippen LogP contribution in [0.5, 0.6) is 0 Å². The summed E-state index contributed by atoms with van der Waals surface area (Å²) < 4.78 is 29.2. The SMILES string of the molecule is Cc1ccccc1-c1nc(N(CO)CCO)nc2c1ccc(=O)n2-c1ccc(F)cc1F. The molecule has 2 N–H and O–H groups in total. The molecule has 0 aliphatic rings. The van der Waals surface area contributed by atoms with E-state index in [9.17, 15) is 23.8 Å². The quantitative estimate of drug-likeness (QED) is 0.450. The lowest BCUT2D eigenvalue weighted by atomic mass is 10.0. The summed E-state index contributed by atoms with van der Waals surface area (Å²) >= 11 is 0. The number of aliphatic hydroxyl groups is 2. The third-order valence-corrected chi connectivity index (χ3v) is 5.11. The average molecular weight is 438 g/mol. The van der Waals surface area contributed by atoms with Crippen molar-refractivity contribution in [3.63, 3.8) is 0 Å². The zero-order valence-corrected chi connectivity index (χ0v) is 17.2. The van der Waals surface area contributed by atoms with Crippen LogP contribution in [0, 0.1) is 18.6 Å². The minimum absolute atomic E-state index is 0.0389. The van der Waals surface area contributed by atoms with Crippen molar-refractivity contribution < 1.29 is 19.0 Å². The van der Waals surface area contributed by atoms with Gasteiger partial charge in [0.2, 0.25) is 5.95 Å². The monoisotopic (exact) mass is 438 g/mol. The summed E-state index contributed by atoms with van der Waals surface area (Å²) in [6.07, 6.45) is 0. The fourth-order valence-corrected chi connectivity index (χ4v) is 3.54. The number of nitrogens with zero attached hydrogens (tertiary/aromatic N) is 4. The summed E-state index contributed by atoms with van der Waals surface area (Å²) in [5, 5.41) is 19.6. The number of fused-ring (bicyclic) bond motifs is 1. The predicted molar refractivity (Wildman–Crippen MR) is 117 cm³/mol. The first-order valence-corrected chi connectivity index (χ1v) is 9.86. The number of hydrogen-bond donors (Lipinski definition) is 2. The number of aliphatic hydroxyl groups excluding tert-OH is 2. The lowest BCUT2D eigenvalue weighted by Gasteiger charge is -2.21. The maximum Gasteiger partial charge on any atom is 0.256 e. The molecule has 32 heavy (non-hydrogen) atoms. The molecule has 4 aromatic rings. The fraction of sp³-hybridized carbons (Fsp3) is 0.174. The molecule has 0 aliphatic heterocycles. The van der Waals surface area contributed by atoms with E-state index in [4.69, 9.17) is 0 Å². The van der Waals surface area contributed by atoms with E-state index in [1.54, 1.807) is 6.07 Å². The van der Waals surface area contributed by atoms with Crippen molar-refractivity contribution in [3.05, 3.63) is 82.1 Å². The highest BCUT2D eigenvalue weighted by Crippen LogP contribution is 2.31. The molecule has 0 aliphatic carbocycles. The molecule has 2 aromatic heterocycles. The van der Waals surface area contributed by atoms with Crippen LogP contribution in [0.25, 0.3) is 28.0 Å². The van der Waals surface area contributed by atoms with Crippen molar-refractivity contribution in [2.24, 2.45) is 0 Å². The molecule has 0 saturated carbocycles. The maximum atomic E-state index is 14.7. The molecule has 0 unspecified atom stereocenters. The lowest BCUT2D eigenvalue weighted by Crippen LogP contribution is -2.30. The molecule has 0 amide bonds. The summed E-state index contributed by atoms with van der Waals surface area (Å²) in [5.74, 6) is -1.65. The molecule has 0 radical (unpaired) electrons. The molecule has 0 spiro atoms. The number of halogens is 2. The van der Waals surface area contributed by atoms with E-state index in [-0.39, 0.29) is 30.4 Å². The summed E-state index contributed by atoms with van der Waals surface area (Å²) in [6.45, 7) is 1.18. The normalized spacial score (nSPS) is 11.2. The molecule has 0 saturated heterocycles. The van der Waals surface area contributed by atoms with Crippen LogP contribution < -0.4 is 10.5 Å². The lowest BCUT2D eigenvalue weighted by molar-refractivity contribution is 0.256. The van der Waals surface area contributed by atoms with Gasteiger partial charge < -0.3 is 15.1 Å². The third-order valence-electron chi connectivity index (χ3n) is 5.11. The molecule has 2 heterocycles. The Labute approximate surface area is 181 Å². The van der Waals surface area contributed by atoms with Crippen LogP contribution in [0.4, 0.5) is 14.7 Å². The summed E-state index contributed by atoms with van der Waals surface area (Å²) in [5.41, 5.74) is 1.48. The molecule has 0 fully saturated rings. The largest absolute Gasteiger partial charge is 0.395 e. The standard InChI is InChI=1S/C23H20F2N4O3/c1-14-4-2-3-5-16(14)21-17-7-9-20(32)29(19-8-6-15(24)12-18(19)25)22(17)27-23(26-21)28(13-31)10-11-30/h2-9,12,30-31H,10-11,13H2,1H3. The number of hydrogen-bond acceptors (Lipinski definition) is 6. The molecular formula is C23H20F2N4O3. The summed E-state index contributed by atoms with van der Waals surface area (Å²) in [4.78, 5) is 23.1. The molecule has 0 atom stereocenters. The molecule has 164 valence electrons. The van der Waals surface area contributed by atoms with Crippen LogP contribution in [0.15, 0.2) is 59.4 Å². The van der Waals surface area contributed by atoms with E-state index in [1.165, 1.54) is 11.0 Å². The van der Waals surface area contributed by atoms with Gasteiger partial charge in [0.05, 0.1) is 18.0 Å². The first kappa shape index (κ1) is 21.5. The Hall–Kier alpha value is -3.69. The average Bonchev–Trinajstić information content (AvgIpc) is 2.78. The van der Waals surface area contributed by atoms with Gasteiger partial charge in [0.15, 0.2) is 5.65 Å². The van der Waals surface area contributed by atoms with Gasteiger partial charge in [-0.25, -0.2) is 13.8 Å². The molecule has 7 nitrogen and oxygen atoms in total. The third kappa shape index (κ3) is 3.83. The Kier molecular flexibility index (Phi) is 5.93. The van der Waals surface area contributed by atoms with Crippen molar-refractivity contribution >= 4 is 17.0 Å². The van der Waals surface area contributed by atoms with Gasteiger partial charge in [-0.1, -0.05) is 24.3 Å². The molecular weight excluding hydrogens is 418 g/mol. The van der Waals surface area contributed by atoms with Crippen LogP contribution in [0.2, 0.25) is 0 Å². The predicted octanol–water partition coefficient (Wildman–Crippen LogP) is 2.78. The van der Waals surface area contributed by atoms with Gasteiger partial charge in [-0.3, -0.25) is 9.36 Å². The minimum atomic E-state index is -0.924. The van der Waals surface area contributed by atoms with E-state index in [2.05, 4.69) is 9.97 Å². The van der Waals surface area contributed by atoms with E-state index in [1.807, 2.05) is 31.2 Å². The van der Waals surface area contributed by atoms with Crippen LogP contribution in [-0.2, 0) is 0 Å². The van der Waals surface area contributed by atoms with Gasteiger partial charge >= 0.3 is 0 Å². The van der Waals surface area contributed by atoms with Crippen LogP contribution >= 0.6 is 0 Å². The van der Waals surface area contributed by atoms with Crippen molar-refractivity contribution in [2.75, 3.05) is 24.8 Å². The number of aryl methyl sites for hydroxylation is 1. The van der Waals surface area contributed by atoms with Crippen molar-refractivity contribution in [3.8, 4) is 16.9 Å². The highest BCUT2D eigenvalue weighted by Gasteiger charge is 2.20. The Morgan fingerprint density at radius 1 is 1.03 bits per heavy atom. The zero-order chi connectivity index (χ0) is 22.8. The van der Waals surface area contributed by atoms with Gasteiger partial charge in [0.25, 0.3) is 5.56 Å². The summed E-state index contributed by atoms with van der Waals surface area (Å²) in [7, 11) is 0. The van der Waals surface area contributed by atoms with Crippen LogP contribution in [-0.4, -0.2) is 44.6 Å². The maximum absolute atomic E-state index is 14.7. The van der Waals surface area contributed by atoms with E-state index < -0.39 is 23.9 Å². The fourth-order valence-electron chi connectivity index (χ4n) is 3.54. The highest BCUT2D eigenvalue weighted by atomic mass is 19.1. The zero-order valence-electron chi connectivity index (χ0n) is 17.2. The molecule has 0 bridgehead atoms. The van der Waals surface area contributed by atoms with Crippen molar-refractivity contribution in [2.45, 2.75) is 6.92 Å². The number of pyridine rings is 1. The van der Waals surface area contributed by atoms with Gasteiger partial charge in [-0.05, 0) is 30.7 Å². The molecule has 4 rings (SSSR count). The van der Waals surface area contributed by atoms with Crippen LogP contribution in [0.1, 0.15) is 5.56 Å². The van der Waals surface area contributed by atoms with Gasteiger partial charge in [-0.2, -0.15) is 4.98 Å². The van der Waals surface area contributed by atoms with E-state index in [0.717, 1.165) is 27.8 Å². The second-order valence-corrected chi connectivity index (χ2v) is 7.16. The molecule has 9 heteroatoms. The second kappa shape index (κ2) is 8.81. The first-order chi connectivity index (χ1) is 15.4. The Morgan fingerprint density at radius 2 is 1.81 bits per heavy atom. The second-order valence-electron chi connectivity index (χ2n) is 7.16. The topological polar surface area (TPSA) is 91.5 Å². The van der Waals surface area contributed by atoms with E-state index >= 15 is 0 Å². The van der Waals surface area contributed by atoms with Gasteiger partial charge in [0.1, 0.15) is 18.4 Å². The number of rotatable bonds is 6. The van der Waals surface area contributed by atoms with Crippen molar-refractivity contribution in [1.82, 2.24) is 14.5 Å². The Balaban J connectivity index is 2.12. The number of aromatic nitrogens is 3. The van der Waals surface area contributed by atoms with Gasteiger partial charge in [-0.15, -0.1) is 0 Å². The number of anilines is 1. The Morgan fingerprint density at radius 3 is 2.50 bits per heavy atom. The van der Waals surface area contributed by atoms with Gasteiger partial charge in [0, 0.05) is 29.6 Å². The number of benzene rings is 2. The van der Waals surface area contributed by atoms with E-state index in [0.29, 0.717) is 17.1 Å². The first-order valence-electron chi connectivity index (χ1n) is 9.86.